The molecule has 1 saturated heterocycles. The number of hydrogen-bond donors (Lipinski definition) is 2. The third-order valence-corrected chi connectivity index (χ3v) is 7.03. The van der Waals surface area contributed by atoms with Crippen LogP contribution in [0.15, 0.2) is 54.6 Å². The summed E-state index contributed by atoms with van der Waals surface area (Å²) in [6.45, 7) is 1.61. The summed E-state index contributed by atoms with van der Waals surface area (Å²) in [5.74, 6) is 0.860. The molecule has 5 nitrogen and oxygen atoms in total. The Kier molecular flexibility index (Phi) is 5.67. The van der Waals surface area contributed by atoms with Crippen molar-refractivity contribution in [3.63, 3.8) is 0 Å². The van der Waals surface area contributed by atoms with E-state index in [2.05, 4.69) is 71.7 Å². The maximum atomic E-state index is 10.7. The average molecular weight is 396 g/mol. The second kappa shape index (κ2) is 8.07. The van der Waals surface area contributed by atoms with Gasteiger partial charge < -0.3 is 9.84 Å². The van der Waals surface area contributed by atoms with Gasteiger partial charge in [0, 0.05) is 24.2 Å². The van der Waals surface area contributed by atoms with Gasteiger partial charge in [-0.2, -0.15) is 0 Å². The van der Waals surface area contributed by atoms with E-state index < -0.39 is 6.35 Å². The van der Waals surface area contributed by atoms with Crippen LogP contribution in [0.2, 0.25) is 0 Å². The first kappa shape index (κ1) is 20.4. The molecule has 1 saturated carbocycles. The van der Waals surface area contributed by atoms with Crippen molar-refractivity contribution in [2.24, 2.45) is 0 Å². The number of benzene rings is 2. The zero-order valence-electron chi connectivity index (χ0n) is 17.8. The molecule has 2 aliphatic rings. The number of nitrogens with zero attached hydrogens (tertiary/aromatic N) is 2. The molecule has 1 heterocycles. The molecule has 5 heteroatoms. The van der Waals surface area contributed by atoms with E-state index in [1.54, 1.807) is 7.11 Å². The van der Waals surface area contributed by atoms with E-state index in [1.807, 2.05) is 12.1 Å². The van der Waals surface area contributed by atoms with Crippen molar-refractivity contribution in [3.05, 3.63) is 65.7 Å². The van der Waals surface area contributed by atoms with Crippen molar-refractivity contribution < 1.29 is 9.84 Å². The van der Waals surface area contributed by atoms with Crippen molar-refractivity contribution in [2.45, 2.75) is 49.7 Å². The van der Waals surface area contributed by atoms with Crippen LogP contribution in [0.25, 0.3) is 0 Å². The minimum absolute atomic E-state index is 0.0137. The van der Waals surface area contributed by atoms with Gasteiger partial charge in [-0.05, 0) is 63.0 Å². The van der Waals surface area contributed by atoms with Crippen molar-refractivity contribution in [3.8, 4) is 5.75 Å². The lowest BCUT2D eigenvalue weighted by atomic mass is 9.69. The Morgan fingerprint density at radius 2 is 1.69 bits per heavy atom. The van der Waals surface area contributed by atoms with E-state index in [9.17, 15) is 5.11 Å². The van der Waals surface area contributed by atoms with Crippen molar-refractivity contribution >= 4 is 0 Å². The Morgan fingerprint density at radius 3 is 2.28 bits per heavy atom. The minimum atomic E-state index is -0.597. The monoisotopic (exact) mass is 395 g/mol. The highest BCUT2D eigenvalue weighted by Crippen LogP contribution is 2.46. The van der Waals surface area contributed by atoms with Gasteiger partial charge in [-0.3, -0.25) is 15.1 Å². The highest BCUT2D eigenvalue weighted by Gasteiger charge is 2.49. The number of ether oxygens (including phenoxy) is 1. The second-order valence-corrected chi connectivity index (χ2v) is 8.84. The van der Waals surface area contributed by atoms with Gasteiger partial charge in [-0.25, -0.2) is 0 Å². The fourth-order valence-electron chi connectivity index (χ4n) is 5.18. The summed E-state index contributed by atoms with van der Waals surface area (Å²) in [5.41, 5.74) is 2.64. The summed E-state index contributed by atoms with van der Waals surface area (Å²) in [7, 11) is 6.06. The molecule has 156 valence electrons. The Morgan fingerprint density at radius 1 is 1.03 bits per heavy atom. The van der Waals surface area contributed by atoms with Crippen LogP contribution in [0.1, 0.15) is 36.8 Å². The zero-order valence-corrected chi connectivity index (χ0v) is 17.8. The summed E-state index contributed by atoms with van der Waals surface area (Å²) >= 11 is 0. The highest BCUT2D eigenvalue weighted by atomic mass is 16.5. The number of nitrogens with one attached hydrogen (secondary N) is 1. The molecular formula is C24H33N3O2. The van der Waals surface area contributed by atoms with Crippen LogP contribution < -0.4 is 10.1 Å². The Balaban J connectivity index is 1.45. The van der Waals surface area contributed by atoms with E-state index in [4.69, 9.17) is 4.74 Å². The van der Waals surface area contributed by atoms with Gasteiger partial charge in [-0.1, -0.05) is 42.5 Å². The first-order chi connectivity index (χ1) is 14.0. The van der Waals surface area contributed by atoms with Gasteiger partial charge >= 0.3 is 0 Å². The molecule has 0 aromatic heterocycles. The SMILES string of the molecule is COc1ccc(CN2CC3(CCC(c4ccccc4)(N(C)C)CC3)NC2O)cc1. The quantitative estimate of drug-likeness (QED) is 0.815. The third-order valence-electron chi connectivity index (χ3n) is 7.03. The summed E-state index contributed by atoms with van der Waals surface area (Å²) in [6, 6.07) is 19.0. The summed E-state index contributed by atoms with van der Waals surface area (Å²) in [5, 5.41) is 14.2. The molecule has 2 N–H and O–H groups in total. The Labute approximate surface area is 174 Å². The maximum Gasteiger partial charge on any atom is 0.163 e. The van der Waals surface area contributed by atoms with Crippen LogP contribution in [-0.4, -0.2) is 54.5 Å². The molecule has 2 aromatic carbocycles. The fraction of sp³-hybridized carbons (Fsp3) is 0.500. The molecule has 0 amide bonds. The molecule has 0 radical (unpaired) electrons. The van der Waals surface area contributed by atoms with Crippen LogP contribution in [-0.2, 0) is 12.1 Å². The summed E-state index contributed by atoms with van der Waals surface area (Å²) in [4.78, 5) is 4.53. The van der Waals surface area contributed by atoms with Crippen LogP contribution in [0.3, 0.4) is 0 Å². The average Bonchev–Trinajstić information content (AvgIpc) is 3.04. The maximum absolute atomic E-state index is 10.7. The predicted molar refractivity (Wildman–Crippen MR) is 116 cm³/mol. The highest BCUT2D eigenvalue weighted by molar-refractivity contribution is 5.28. The van der Waals surface area contributed by atoms with Crippen molar-refractivity contribution in [1.82, 2.24) is 15.1 Å². The predicted octanol–water partition coefficient (Wildman–Crippen LogP) is 3.15. The molecule has 2 aromatic rings. The molecule has 29 heavy (non-hydrogen) atoms. The molecule has 1 atom stereocenters. The van der Waals surface area contributed by atoms with E-state index in [-0.39, 0.29) is 11.1 Å². The van der Waals surface area contributed by atoms with Gasteiger partial charge in [0.25, 0.3) is 0 Å². The number of aliphatic hydroxyl groups excluding tert-OH is 1. The van der Waals surface area contributed by atoms with E-state index in [0.29, 0.717) is 0 Å². The van der Waals surface area contributed by atoms with Crippen LogP contribution >= 0.6 is 0 Å². The van der Waals surface area contributed by atoms with Crippen molar-refractivity contribution in [2.75, 3.05) is 27.7 Å². The van der Waals surface area contributed by atoms with Gasteiger partial charge in [-0.15, -0.1) is 0 Å². The number of hydrogen-bond acceptors (Lipinski definition) is 5. The molecule has 2 fully saturated rings. The fourth-order valence-corrected chi connectivity index (χ4v) is 5.18. The standard InChI is InChI=1S/C24H33N3O2/c1-26(2)24(20-7-5-4-6-8-20)15-13-23(14-16-24)18-27(22(28)25-23)17-19-9-11-21(29-3)12-10-19/h4-12,22,25,28H,13-18H2,1-3H3. The van der Waals surface area contributed by atoms with E-state index in [1.165, 1.54) is 11.1 Å². The number of methoxy groups -OCH3 is 1. The lowest BCUT2D eigenvalue weighted by Crippen LogP contribution is -2.54. The Hall–Kier alpha value is -1.92. The van der Waals surface area contributed by atoms with E-state index in [0.717, 1.165) is 44.5 Å². The minimum Gasteiger partial charge on any atom is -0.497 e. The first-order valence-corrected chi connectivity index (χ1v) is 10.5. The largest absolute Gasteiger partial charge is 0.497 e. The molecule has 1 aliphatic heterocycles. The van der Waals surface area contributed by atoms with Gasteiger partial charge in [0.15, 0.2) is 6.35 Å². The number of aliphatic hydroxyl groups is 1. The zero-order chi connectivity index (χ0) is 20.5. The van der Waals surface area contributed by atoms with Crippen molar-refractivity contribution in [1.29, 1.82) is 0 Å². The first-order valence-electron chi connectivity index (χ1n) is 10.5. The lowest BCUT2D eigenvalue weighted by Gasteiger charge is -2.49. The van der Waals surface area contributed by atoms with Gasteiger partial charge in [0.2, 0.25) is 0 Å². The normalized spacial score (nSPS) is 30.2. The number of rotatable bonds is 5. The van der Waals surface area contributed by atoms with Crippen LogP contribution in [0.5, 0.6) is 5.75 Å². The molecule has 1 unspecified atom stereocenters. The van der Waals surface area contributed by atoms with Gasteiger partial charge in [0.1, 0.15) is 5.75 Å². The Bertz CT molecular complexity index is 799. The second-order valence-electron chi connectivity index (χ2n) is 8.84. The summed E-state index contributed by atoms with van der Waals surface area (Å²) in [6.07, 6.45) is 3.67. The van der Waals surface area contributed by atoms with Crippen LogP contribution in [0, 0.1) is 0 Å². The smallest absolute Gasteiger partial charge is 0.163 e. The third kappa shape index (κ3) is 3.92. The van der Waals surface area contributed by atoms with E-state index >= 15 is 0 Å². The summed E-state index contributed by atoms with van der Waals surface area (Å²) < 4.78 is 5.25. The molecule has 1 spiro atoms. The molecular weight excluding hydrogens is 362 g/mol. The van der Waals surface area contributed by atoms with Gasteiger partial charge in [0.05, 0.1) is 7.11 Å². The van der Waals surface area contributed by atoms with Crippen LogP contribution in [0.4, 0.5) is 0 Å². The lowest BCUT2D eigenvalue weighted by molar-refractivity contribution is 0.0126. The molecule has 0 bridgehead atoms. The molecule has 1 aliphatic carbocycles. The topological polar surface area (TPSA) is 48.0 Å². The molecule has 4 rings (SSSR count).